The molecule has 0 radical (unpaired) electrons. The summed E-state index contributed by atoms with van der Waals surface area (Å²) in [7, 11) is -4.67. The minimum atomic E-state index is -4.67. The van der Waals surface area contributed by atoms with Crippen LogP contribution in [0.15, 0.2) is 27.5 Å². The van der Waals surface area contributed by atoms with E-state index in [1.54, 1.807) is 6.92 Å². The van der Waals surface area contributed by atoms with E-state index < -0.39 is 15.1 Å². The molecule has 1 aromatic heterocycles. The van der Waals surface area contributed by atoms with Gasteiger partial charge in [-0.15, -0.1) is 3.89 Å². The van der Waals surface area contributed by atoms with E-state index in [1.807, 2.05) is 0 Å². The number of aromatic nitrogens is 1. The molecule has 0 fully saturated rings. The molecule has 74 valence electrons. The normalized spacial score (nSPS) is 12.1. The molecule has 0 saturated carbocycles. The maximum absolute atomic E-state index is 12.6. The van der Waals surface area contributed by atoms with Crippen molar-refractivity contribution in [3.63, 3.8) is 0 Å². The van der Waals surface area contributed by atoms with Gasteiger partial charge in [0.15, 0.2) is 11.5 Å². The van der Waals surface area contributed by atoms with Crippen molar-refractivity contribution in [2.75, 3.05) is 0 Å². The van der Waals surface area contributed by atoms with Crippen molar-refractivity contribution in [2.24, 2.45) is 0 Å². The lowest BCUT2D eigenvalue weighted by molar-refractivity contribution is 0.548. The van der Waals surface area contributed by atoms with Crippen LogP contribution in [0.25, 0.3) is 11.1 Å². The Morgan fingerprint density at radius 1 is 1.43 bits per heavy atom. The summed E-state index contributed by atoms with van der Waals surface area (Å²) in [6, 6.07) is 3.67. The zero-order chi connectivity index (χ0) is 10.3. The van der Waals surface area contributed by atoms with E-state index in [-0.39, 0.29) is 5.58 Å². The predicted molar refractivity (Wildman–Crippen MR) is 47.0 cm³/mol. The molecule has 0 atom stereocenters. The van der Waals surface area contributed by atoms with E-state index in [1.165, 1.54) is 6.07 Å². The summed E-state index contributed by atoms with van der Waals surface area (Å²) in [6.45, 7) is 1.63. The van der Waals surface area contributed by atoms with Crippen LogP contribution in [0.1, 0.15) is 5.89 Å². The van der Waals surface area contributed by atoms with Crippen LogP contribution in [0.3, 0.4) is 0 Å². The number of fused-ring (bicyclic) bond motifs is 1. The zero-order valence-electron chi connectivity index (χ0n) is 7.19. The molecule has 0 N–H and O–H groups in total. The first-order chi connectivity index (χ1) is 6.47. The molecule has 1 heterocycles. The number of halogens is 1. The molecule has 6 heteroatoms. The highest BCUT2D eigenvalue weighted by Gasteiger charge is 2.13. The van der Waals surface area contributed by atoms with E-state index in [0.29, 0.717) is 11.4 Å². The van der Waals surface area contributed by atoms with Gasteiger partial charge in [-0.3, -0.25) is 0 Å². The highest BCUT2D eigenvalue weighted by Crippen LogP contribution is 2.20. The molecule has 2 rings (SSSR count). The van der Waals surface area contributed by atoms with Gasteiger partial charge >= 0.3 is 10.2 Å². The van der Waals surface area contributed by atoms with E-state index in [0.717, 1.165) is 12.1 Å². The van der Waals surface area contributed by atoms with E-state index in [4.69, 9.17) is 4.42 Å². The molecule has 4 nitrogen and oxygen atoms in total. The standard InChI is InChI=1S/C8H6FNO3S/c1-5-10-7-3-2-6(14(9,11)12)4-8(7)13-5/h2-4H,1H3. The first-order valence-electron chi connectivity index (χ1n) is 3.79. The summed E-state index contributed by atoms with van der Waals surface area (Å²) >= 11 is 0. The summed E-state index contributed by atoms with van der Waals surface area (Å²) in [5.74, 6) is 0.411. The van der Waals surface area contributed by atoms with Crippen LogP contribution in [-0.2, 0) is 10.2 Å². The molecule has 14 heavy (non-hydrogen) atoms. The van der Waals surface area contributed by atoms with Crippen molar-refractivity contribution < 1.29 is 16.7 Å². The molecule has 0 saturated heterocycles. The molecule has 0 aliphatic rings. The Kier molecular flexibility index (Phi) is 1.81. The van der Waals surface area contributed by atoms with Gasteiger partial charge in [0.25, 0.3) is 0 Å². The first-order valence-corrected chi connectivity index (χ1v) is 5.17. The van der Waals surface area contributed by atoms with Crippen molar-refractivity contribution in [1.29, 1.82) is 0 Å². The number of hydrogen-bond acceptors (Lipinski definition) is 4. The van der Waals surface area contributed by atoms with Crippen molar-refractivity contribution in [2.45, 2.75) is 11.8 Å². The van der Waals surface area contributed by atoms with E-state index >= 15 is 0 Å². The van der Waals surface area contributed by atoms with Gasteiger partial charge in [-0.1, -0.05) is 0 Å². The summed E-state index contributed by atoms with van der Waals surface area (Å²) in [6.07, 6.45) is 0. The number of benzene rings is 1. The SMILES string of the molecule is Cc1nc2ccc(S(=O)(=O)F)cc2o1. The molecule has 0 aliphatic heterocycles. The maximum atomic E-state index is 12.6. The minimum Gasteiger partial charge on any atom is -0.441 e. The molecular formula is C8H6FNO3S. The summed E-state index contributed by atoms with van der Waals surface area (Å²) in [4.78, 5) is 3.54. The van der Waals surface area contributed by atoms with E-state index in [9.17, 15) is 12.3 Å². The quantitative estimate of drug-likeness (QED) is 0.680. The fraction of sp³-hybridized carbons (Fsp3) is 0.125. The van der Waals surface area contributed by atoms with Gasteiger partial charge in [0, 0.05) is 13.0 Å². The zero-order valence-corrected chi connectivity index (χ0v) is 8.01. The van der Waals surface area contributed by atoms with E-state index in [2.05, 4.69) is 4.98 Å². The third kappa shape index (κ3) is 1.48. The lowest BCUT2D eigenvalue weighted by Gasteiger charge is -1.92. The summed E-state index contributed by atoms with van der Waals surface area (Å²) in [5, 5.41) is 0. The molecule has 0 bridgehead atoms. The Morgan fingerprint density at radius 3 is 2.79 bits per heavy atom. The van der Waals surface area contributed by atoms with Crippen molar-refractivity contribution in [1.82, 2.24) is 4.98 Å². The molecule has 0 aliphatic carbocycles. The van der Waals surface area contributed by atoms with Crippen LogP contribution in [-0.4, -0.2) is 13.4 Å². The Labute approximate surface area is 79.6 Å². The van der Waals surface area contributed by atoms with Crippen LogP contribution in [0.2, 0.25) is 0 Å². The Morgan fingerprint density at radius 2 is 2.14 bits per heavy atom. The fourth-order valence-electron chi connectivity index (χ4n) is 1.17. The molecule has 0 unspecified atom stereocenters. The molecule has 1 aromatic carbocycles. The lowest BCUT2D eigenvalue weighted by Crippen LogP contribution is -1.90. The number of oxazole rings is 1. The Balaban J connectivity index is 2.74. The van der Waals surface area contributed by atoms with Crippen molar-refractivity contribution >= 4 is 21.3 Å². The number of rotatable bonds is 1. The highest BCUT2D eigenvalue weighted by molar-refractivity contribution is 7.86. The minimum absolute atomic E-state index is 0.265. The van der Waals surface area contributed by atoms with Crippen LogP contribution < -0.4 is 0 Å². The Bertz CT molecular complexity index is 588. The van der Waals surface area contributed by atoms with Gasteiger partial charge in [0.05, 0.1) is 0 Å². The lowest BCUT2D eigenvalue weighted by atomic mass is 10.3. The molecule has 0 spiro atoms. The summed E-state index contributed by atoms with van der Waals surface area (Å²) < 4.78 is 38.7. The first kappa shape index (κ1) is 9.14. The summed E-state index contributed by atoms with van der Waals surface area (Å²) in [5.41, 5.74) is 0.774. The molecule has 2 aromatic rings. The third-order valence-corrected chi connectivity index (χ3v) is 2.57. The molecule has 0 amide bonds. The predicted octanol–water partition coefficient (Wildman–Crippen LogP) is 1.79. The van der Waals surface area contributed by atoms with Crippen molar-refractivity contribution in [3.05, 3.63) is 24.1 Å². The Hall–Kier alpha value is -1.43. The topological polar surface area (TPSA) is 60.2 Å². The monoisotopic (exact) mass is 215 g/mol. The second-order valence-electron chi connectivity index (χ2n) is 2.80. The smallest absolute Gasteiger partial charge is 0.332 e. The maximum Gasteiger partial charge on any atom is 0.332 e. The van der Waals surface area contributed by atoms with Crippen LogP contribution in [0, 0.1) is 6.92 Å². The van der Waals surface area contributed by atoms with Gasteiger partial charge < -0.3 is 4.42 Å². The second kappa shape index (κ2) is 2.78. The average Bonchev–Trinajstić information content (AvgIpc) is 2.41. The molecular weight excluding hydrogens is 209 g/mol. The van der Waals surface area contributed by atoms with Crippen LogP contribution >= 0.6 is 0 Å². The largest absolute Gasteiger partial charge is 0.441 e. The van der Waals surface area contributed by atoms with Gasteiger partial charge in [0.2, 0.25) is 0 Å². The average molecular weight is 215 g/mol. The van der Waals surface area contributed by atoms with Gasteiger partial charge in [-0.25, -0.2) is 4.98 Å². The van der Waals surface area contributed by atoms with Gasteiger partial charge in [-0.05, 0) is 12.1 Å². The van der Waals surface area contributed by atoms with Gasteiger partial charge in [-0.2, -0.15) is 8.42 Å². The second-order valence-corrected chi connectivity index (χ2v) is 4.15. The fourth-order valence-corrected chi connectivity index (χ4v) is 1.65. The highest BCUT2D eigenvalue weighted by atomic mass is 32.3. The number of nitrogens with zero attached hydrogens (tertiary/aromatic N) is 1. The third-order valence-electron chi connectivity index (χ3n) is 1.75. The van der Waals surface area contributed by atoms with Gasteiger partial charge in [0.1, 0.15) is 10.4 Å². The number of aryl methyl sites for hydroxylation is 1. The number of hydrogen-bond donors (Lipinski definition) is 0. The van der Waals surface area contributed by atoms with Crippen LogP contribution in [0.4, 0.5) is 3.89 Å². The van der Waals surface area contributed by atoms with Crippen LogP contribution in [0.5, 0.6) is 0 Å². The van der Waals surface area contributed by atoms with Crippen molar-refractivity contribution in [3.8, 4) is 0 Å².